The molecule has 2 N–H and O–H groups in total. The monoisotopic (exact) mass is 478 g/mol. The summed E-state index contributed by atoms with van der Waals surface area (Å²) in [4.78, 5) is 44.6. The molecule has 2 aliphatic heterocycles. The molecular weight excluding hydrogens is 444 g/mol. The van der Waals surface area contributed by atoms with Gasteiger partial charge in [0, 0.05) is 44.2 Å². The van der Waals surface area contributed by atoms with Crippen molar-refractivity contribution >= 4 is 28.6 Å². The fourth-order valence-corrected chi connectivity index (χ4v) is 5.70. The summed E-state index contributed by atoms with van der Waals surface area (Å²) in [6, 6.07) is 10.6. The Balaban J connectivity index is 1.21. The number of phenols is 1. The van der Waals surface area contributed by atoms with Gasteiger partial charge >= 0.3 is 6.03 Å². The van der Waals surface area contributed by atoms with Crippen LogP contribution in [0.5, 0.6) is 5.75 Å². The normalized spacial score (nSPS) is 21.4. The van der Waals surface area contributed by atoms with Crippen LogP contribution in [0.15, 0.2) is 36.4 Å². The van der Waals surface area contributed by atoms with Gasteiger partial charge in [0.15, 0.2) is 0 Å². The molecule has 0 bridgehead atoms. The second-order valence-electron chi connectivity index (χ2n) is 9.94. The van der Waals surface area contributed by atoms with E-state index < -0.39 is 6.04 Å². The standard InChI is InChI=1S/C27H34N4O4/c32-24-21-10-5-4-7-19(21)12-13-22(24)25(33)31-14-6-11-23(31)26(34)29-15-17-30(18-16-29)27(35)28-20-8-2-1-3-9-20/h4-5,7,10,12-13,20,23,32H,1-3,6,8-9,11,14-18H2,(H,28,35). The summed E-state index contributed by atoms with van der Waals surface area (Å²) in [6.07, 6.45) is 7.03. The molecule has 1 saturated carbocycles. The molecule has 1 aliphatic carbocycles. The number of carbonyl (C=O) groups excluding carboxylic acids is 3. The van der Waals surface area contributed by atoms with Gasteiger partial charge in [0.2, 0.25) is 5.91 Å². The van der Waals surface area contributed by atoms with E-state index in [0.29, 0.717) is 44.5 Å². The van der Waals surface area contributed by atoms with Crippen LogP contribution in [-0.4, -0.2) is 82.5 Å². The number of rotatable bonds is 3. The van der Waals surface area contributed by atoms with Crippen molar-refractivity contribution in [2.24, 2.45) is 0 Å². The van der Waals surface area contributed by atoms with E-state index in [9.17, 15) is 19.5 Å². The minimum absolute atomic E-state index is 0.0338. The van der Waals surface area contributed by atoms with E-state index in [1.165, 1.54) is 19.3 Å². The Morgan fingerprint density at radius 2 is 1.51 bits per heavy atom. The van der Waals surface area contributed by atoms with Gasteiger partial charge < -0.3 is 25.1 Å². The molecule has 0 spiro atoms. The summed E-state index contributed by atoms with van der Waals surface area (Å²) < 4.78 is 0. The van der Waals surface area contributed by atoms with Crippen LogP contribution >= 0.6 is 0 Å². The second kappa shape index (κ2) is 10.1. The molecule has 2 aromatic rings. The summed E-state index contributed by atoms with van der Waals surface area (Å²) in [7, 11) is 0. The zero-order chi connectivity index (χ0) is 24.4. The average molecular weight is 479 g/mol. The third-order valence-electron chi connectivity index (χ3n) is 7.74. The van der Waals surface area contributed by atoms with Crippen molar-refractivity contribution in [3.8, 4) is 5.75 Å². The molecule has 4 amide bonds. The Labute approximate surface area is 205 Å². The first-order valence-corrected chi connectivity index (χ1v) is 12.9. The number of carbonyl (C=O) groups is 3. The van der Waals surface area contributed by atoms with Gasteiger partial charge in [-0.3, -0.25) is 9.59 Å². The molecule has 8 heteroatoms. The number of benzene rings is 2. The summed E-state index contributed by atoms with van der Waals surface area (Å²) >= 11 is 0. The van der Waals surface area contributed by atoms with Gasteiger partial charge in [-0.05, 0) is 37.1 Å². The number of hydrogen-bond donors (Lipinski definition) is 2. The Morgan fingerprint density at radius 3 is 2.29 bits per heavy atom. The first kappa shape index (κ1) is 23.5. The van der Waals surface area contributed by atoms with Gasteiger partial charge in [0.25, 0.3) is 5.91 Å². The molecule has 3 aliphatic rings. The van der Waals surface area contributed by atoms with Gasteiger partial charge in [0.1, 0.15) is 11.8 Å². The largest absolute Gasteiger partial charge is 0.506 e. The van der Waals surface area contributed by atoms with Crippen molar-refractivity contribution in [3.05, 3.63) is 42.0 Å². The number of nitrogens with zero attached hydrogens (tertiary/aromatic N) is 3. The third-order valence-corrected chi connectivity index (χ3v) is 7.74. The van der Waals surface area contributed by atoms with E-state index in [4.69, 9.17) is 0 Å². The molecule has 0 radical (unpaired) electrons. The van der Waals surface area contributed by atoms with Crippen LogP contribution in [-0.2, 0) is 4.79 Å². The van der Waals surface area contributed by atoms with E-state index >= 15 is 0 Å². The zero-order valence-electron chi connectivity index (χ0n) is 20.1. The number of amides is 4. The Morgan fingerprint density at radius 1 is 0.800 bits per heavy atom. The second-order valence-corrected chi connectivity index (χ2v) is 9.94. The third kappa shape index (κ3) is 4.79. The number of piperazine rings is 1. The van der Waals surface area contributed by atoms with E-state index in [1.54, 1.807) is 26.8 Å². The summed E-state index contributed by atoms with van der Waals surface area (Å²) in [6.45, 7) is 2.42. The molecule has 8 nitrogen and oxygen atoms in total. The van der Waals surface area contributed by atoms with Crippen LogP contribution in [0, 0.1) is 0 Å². The minimum Gasteiger partial charge on any atom is -0.506 e. The molecule has 1 unspecified atom stereocenters. The summed E-state index contributed by atoms with van der Waals surface area (Å²) in [5, 5.41) is 15.4. The molecule has 2 aromatic carbocycles. The highest BCUT2D eigenvalue weighted by atomic mass is 16.3. The number of likely N-dealkylation sites (tertiary alicyclic amines) is 1. The predicted molar refractivity (Wildman–Crippen MR) is 133 cm³/mol. The smallest absolute Gasteiger partial charge is 0.317 e. The molecule has 0 aromatic heterocycles. The summed E-state index contributed by atoms with van der Waals surface area (Å²) in [5.74, 6) is -0.415. The van der Waals surface area contributed by atoms with E-state index in [-0.39, 0.29) is 35.2 Å². The van der Waals surface area contributed by atoms with Crippen LogP contribution in [0.2, 0.25) is 0 Å². The van der Waals surface area contributed by atoms with Crippen LogP contribution in [0.25, 0.3) is 10.8 Å². The maximum absolute atomic E-state index is 13.4. The topological polar surface area (TPSA) is 93.2 Å². The lowest BCUT2D eigenvalue weighted by Gasteiger charge is -2.38. The van der Waals surface area contributed by atoms with Gasteiger partial charge in [-0.25, -0.2) is 4.79 Å². The van der Waals surface area contributed by atoms with Crippen molar-refractivity contribution < 1.29 is 19.5 Å². The first-order valence-electron chi connectivity index (χ1n) is 12.9. The number of aromatic hydroxyl groups is 1. The molecule has 2 heterocycles. The van der Waals surface area contributed by atoms with Crippen molar-refractivity contribution in [3.63, 3.8) is 0 Å². The molecule has 186 valence electrons. The zero-order valence-corrected chi connectivity index (χ0v) is 20.1. The maximum Gasteiger partial charge on any atom is 0.317 e. The number of nitrogens with one attached hydrogen (secondary N) is 1. The van der Waals surface area contributed by atoms with Crippen LogP contribution in [0.4, 0.5) is 4.79 Å². The highest BCUT2D eigenvalue weighted by molar-refractivity contribution is 6.05. The average Bonchev–Trinajstić information content (AvgIpc) is 3.39. The highest BCUT2D eigenvalue weighted by Crippen LogP contribution is 2.31. The predicted octanol–water partition coefficient (Wildman–Crippen LogP) is 3.34. The molecule has 35 heavy (non-hydrogen) atoms. The van der Waals surface area contributed by atoms with Crippen LogP contribution < -0.4 is 5.32 Å². The van der Waals surface area contributed by atoms with Gasteiger partial charge in [-0.2, -0.15) is 0 Å². The van der Waals surface area contributed by atoms with Crippen molar-refractivity contribution in [1.29, 1.82) is 0 Å². The number of fused-ring (bicyclic) bond motifs is 1. The quantitative estimate of drug-likeness (QED) is 0.708. The maximum atomic E-state index is 13.4. The van der Waals surface area contributed by atoms with Gasteiger partial charge in [-0.1, -0.05) is 49.6 Å². The highest BCUT2D eigenvalue weighted by Gasteiger charge is 2.39. The minimum atomic E-state index is -0.531. The fraction of sp³-hybridized carbons (Fsp3) is 0.519. The van der Waals surface area contributed by atoms with E-state index in [0.717, 1.165) is 24.6 Å². The molecule has 3 fully saturated rings. The Hall–Kier alpha value is -3.29. The lowest BCUT2D eigenvalue weighted by molar-refractivity contribution is -0.136. The van der Waals surface area contributed by atoms with Crippen molar-refractivity contribution in [1.82, 2.24) is 20.0 Å². The molecule has 2 saturated heterocycles. The summed E-state index contributed by atoms with van der Waals surface area (Å²) in [5.41, 5.74) is 0.229. The Kier molecular flexibility index (Phi) is 6.79. The molecule has 1 atom stereocenters. The van der Waals surface area contributed by atoms with E-state index in [2.05, 4.69) is 5.32 Å². The Bertz CT molecular complexity index is 1110. The SMILES string of the molecule is O=C(NC1CCCCC1)N1CCN(C(=O)C2CCCN2C(=O)c2ccc3ccccc3c2O)CC1. The number of phenolic OH excluding ortho intramolecular Hbond substituents is 1. The van der Waals surface area contributed by atoms with Crippen LogP contribution in [0.3, 0.4) is 0 Å². The van der Waals surface area contributed by atoms with E-state index in [1.807, 2.05) is 24.3 Å². The first-order chi connectivity index (χ1) is 17.0. The number of urea groups is 1. The molecular formula is C27H34N4O4. The van der Waals surface area contributed by atoms with Crippen molar-refractivity contribution in [2.45, 2.75) is 57.0 Å². The van der Waals surface area contributed by atoms with Gasteiger partial charge in [0.05, 0.1) is 5.56 Å². The molecule has 5 rings (SSSR count). The number of hydrogen-bond acceptors (Lipinski definition) is 4. The fourth-order valence-electron chi connectivity index (χ4n) is 5.70. The lowest BCUT2D eigenvalue weighted by atomic mass is 9.96. The lowest BCUT2D eigenvalue weighted by Crippen LogP contribution is -2.57. The van der Waals surface area contributed by atoms with Crippen molar-refractivity contribution in [2.75, 3.05) is 32.7 Å². The van der Waals surface area contributed by atoms with Gasteiger partial charge in [-0.15, -0.1) is 0 Å². The van der Waals surface area contributed by atoms with Crippen LogP contribution in [0.1, 0.15) is 55.3 Å².